The van der Waals surface area contributed by atoms with Gasteiger partial charge in [0.2, 0.25) is 5.95 Å². The van der Waals surface area contributed by atoms with Gasteiger partial charge >= 0.3 is 5.69 Å². The maximum absolute atomic E-state index is 10.7. The average Bonchev–Trinajstić information content (AvgIpc) is 2.18. The fourth-order valence-electron chi connectivity index (χ4n) is 0.665. The molecule has 0 bridgehead atoms. The van der Waals surface area contributed by atoms with Crippen molar-refractivity contribution in [3.8, 4) is 0 Å². The van der Waals surface area contributed by atoms with Gasteiger partial charge in [-0.25, -0.2) is 9.89 Å². The minimum absolute atomic E-state index is 0.201. The van der Waals surface area contributed by atoms with Gasteiger partial charge in [-0.05, 0) is 13.8 Å². The Kier molecular flexibility index (Phi) is 1.84. The lowest BCUT2D eigenvalue weighted by Crippen LogP contribution is -2.27. The Morgan fingerprint density at radius 2 is 2.36 bits per heavy atom. The third-order valence-electron chi connectivity index (χ3n) is 1.12. The van der Waals surface area contributed by atoms with E-state index < -0.39 is 5.69 Å². The first-order chi connectivity index (χ1) is 5.11. The summed E-state index contributed by atoms with van der Waals surface area (Å²) in [5, 5.41) is 8.75. The van der Waals surface area contributed by atoms with Crippen molar-refractivity contribution in [1.82, 2.24) is 14.9 Å². The molecule has 0 aliphatic rings. The maximum atomic E-state index is 10.7. The Morgan fingerprint density at radius 1 is 1.73 bits per heavy atom. The summed E-state index contributed by atoms with van der Waals surface area (Å²) in [6.07, 6.45) is 0. The molecule has 0 fully saturated rings. The molecule has 0 amide bonds. The van der Waals surface area contributed by atoms with Gasteiger partial charge in [-0.2, -0.15) is 4.68 Å². The zero-order chi connectivity index (χ0) is 8.43. The topological polar surface area (TPSA) is 88.7 Å². The Bertz CT molecular complexity index is 285. The summed E-state index contributed by atoms with van der Waals surface area (Å²) in [5.74, 6) is 5.65. The van der Waals surface area contributed by atoms with Crippen LogP contribution in [0.25, 0.3) is 0 Å². The van der Waals surface area contributed by atoms with Gasteiger partial charge in [-0.1, -0.05) is 0 Å². The van der Waals surface area contributed by atoms with E-state index in [2.05, 4.69) is 15.5 Å². The van der Waals surface area contributed by atoms with Crippen LogP contribution in [0.4, 0.5) is 5.95 Å². The normalized spacial score (nSPS) is 10.5. The fourth-order valence-corrected chi connectivity index (χ4v) is 0.665. The molecule has 0 aromatic carbocycles. The number of anilines is 1. The molecule has 0 aliphatic carbocycles. The molecule has 1 rings (SSSR count). The molecular weight excluding hydrogens is 146 g/mol. The van der Waals surface area contributed by atoms with Crippen LogP contribution in [-0.2, 0) is 0 Å². The van der Waals surface area contributed by atoms with Crippen molar-refractivity contribution in [2.24, 2.45) is 0 Å². The summed E-state index contributed by atoms with van der Waals surface area (Å²) in [4.78, 5) is 10.7. The molecule has 0 saturated carbocycles. The summed E-state index contributed by atoms with van der Waals surface area (Å²) in [6, 6.07) is 0.201. The highest BCUT2D eigenvalue weighted by Crippen LogP contribution is 1.95. The van der Waals surface area contributed by atoms with E-state index in [0.29, 0.717) is 5.95 Å². The minimum atomic E-state index is -0.423. The molecule has 0 radical (unpaired) electrons. The van der Waals surface area contributed by atoms with E-state index in [1.807, 2.05) is 13.8 Å². The summed E-state index contributed by atoms with van der Waals surface area (Å²) >= 11 is 0. The van der Waals surface area contributed by atoms with E-state index in [-0.39, 0.29) is 6.04 Å². The van der Waals surface area contributed by atoms with Crippen molar-refractivity contribution in [2.75, 3.05) is 11.2 Å². The highest BCUT2D eigenvalue weighted by Gasteiger charge is 2.03. The molecule has 0 unspecified atom stereocenters. The van der Waals surface area contributed by atoms with Gasteiger partial charge in [0.25, 0.3) is 0 Å². The number of aromatic nitrogens is 3. The molecule has 62 valence electrons. The number of rotatable bonds is 2. The van der Waals surface area contributed by atoms with Crippen LogP contribution in [0.5, 0.6) is 0 Å². The number of H-pyrrole nitrogens is 1. The van der Waals surface area contributed by atoms with Crippen LogP contribution in [0, 0.1) is 0 Å². The van der Waals surface area contributed by atoms with Crippen molar-refractivity contribution in [3.05, 3.63) is 10.5 Å². The monoisotopic (exact) mass is 157 g/mol. The predicted octanol–water partition coefficient (Wildman–Crippen LogP) is -0.894. The van der Waals surface area contributed by atoms with E-state index in [4.69, 9.17) is 5.84 Å². The van der Waals surface area contributed by atoms with Crippen LogP contribution in [0.1, 0.15) is 13.8 Å². The number of hydrogen-bond donors (Lipinski definition) is 3. The Balaban J connectivity index is 2.87. The van der Waals surface area contributed by atoms with Gasteiger partial charge in [-0.3, -0.25) is 0 Å². The number of nitrogens with zero attached hydrogens (tertiary/aromatic N) is 2. The first-order valence-electron chi connectivity index (χ1n) is 3.30. The minimum Gasteiger partial charge on any atom is -0.351 e. The SMILES string of the molecule is CC(C)Nc1n[nH]c(=O)n1N. The van der Waals surface area contributed by atoms with Crippen molar-refractivity contribution in [3.63, 3.8) is 0 Å². The molecule has 1 aromatic rings. The summed E-state index contributed by atoms with van der Waals surface area (Å²) < 4.78 is 0.931. The van der Waals surface area contributed by atoms with Gasteiger partial charge < -0.3 is 11.2 Å². The predicted molar refractivity (Wildman–Crippen MR) is 41.8 cm³/mol. The second-order valence-electron chi connectivity index (χ2n) is 2.52. The lowest BCUT2D eigenvalue weighted by molar-refractivity contribution is 0.847. The molecule has 0 spiro atoms. The first kappa shape index (κ1) is 7.64. The second kappa shape index (κ2) is 2.65. The van der Waals surface area contributed by atoms with Crippen molar-refractivity contribution >= 4 is 5.95 Å². The van der Waals surface area contributed by atoms with Gasteiger partial charge in [0.15, 0.2) is 0 Å². The first-order valence-corrected chi connectivity index (χ1v) is 3.30. The molecule has 6 nitrogen and oxygen atoms in total. The van der Waals surface area contributed by atoms with Gasteiger partial charge in [0.05, 0.1) is 0 Å². The van der Waals surface area contributed by atoms with E-state index in [1.165, 1.54) is 0 Å². The Hall–Kier alpha value is -1.46. The lowest BCUT2D eigenvalue weighted by Gasteiger charge is -2.06. The molecule has 11 heavy (non-hydrogen) atoms. The van der Waals surface area contributed by atoms with Gasteiger partial charge in [0, 0.05) is 6.04 Å². The average molecular weight is 157 g/mol. The van der Waals surface area contributed by atoms with Crippen LogP contribution in [0.3, 0.4) is 0 Å². The van der Waals surface area contributed by atoms with Crippen molar-refractivity contribution in [1.29, 1.82) is 0 Å². The molecule has 1 heterocycles. The summed E-state index contributed by atoms with van der Waals surface area (Å²) in [7, 11) is 0. The molecule has 0 atom stereocenters. The third kappa shape index (κ3) is 1.51. The standard InChI is InChI=1S/C5H11N5O/c1-3(2)7-4-8-9-5(11)10(4)6/h3H,6H2,1-2H3,(H,7,8)(H,9,11). The number of hydrogen-bond acceptors (Lipinski definition) is 4. The van der Waals surface area contributed by atoms with Crippen LogP contribution < -0.4 is 16.8 Å². The zero-order valence-corrected chi connectivity index (χ0v) is 6.46. The van der Waals surface area contributed by atoms with Gasteiger partial charge in [-0.15, -0.1) is 5.10 Å². The fraction of sp³-hybridized carbons (Fsp3) is 0.600. The summed E-state index contributed by atoms with van der Waals surface area (Å²) in [5.41, 5.74) is -0.423. The number of nitrogens with one attached hydrogen (secondary N) is 2. The quantitative estimate of drug-likeness (QED) is 0.486. The molecule has 0 aliphatic heterocycles. The number of aromatic amines is 1. The largest absolute Gasteiger partial charge is 0.363 e. The molecule has 0 saturated heterocycles. The number of nitrogens with two attached hydrogens (primary N) is 1. The van der Waals surface area contributed by atoms with Crippen molar-refractivity contribution in [2.45, 2.75) is 19.9 Å². The molecule has 4 N–H and O–H groups in total. The summed E-state index contributed by atoms with van der Waals surface area (Å²) in [6.45, 7) is 3.86. The van der Waals surface area contributed by atoms with Crippen LogP contribution in [0.15, 0.2) is 4.79 Å². The highest BCUT2D eigenvalue weighted by molar-refractivity contribution is 5.24. The van der Waals surface area contributed by atoms with E-state index in [0.717, 1.165) is 4.68 Å². The lowest BCUT2D eigenvalue weighted by atomic mass is 10.4. The third-order valence-corrected chi connectivity index (χ3v) is 1.12. The number of nitrogen functional groups attached to an aromatic ring is 1. The highest BCUT2D eigenvalue weighted by atomic mass is 16.2. The van der Waals surface area contributed by atoms with E-state index in [1.54, 1.807) is 0 Å². The smallest absolute Gasteiger partial charge is 0.351 e. The van der Waals surface area contributed by atoms with E-state index >= 15 is 0 Å². The Morgan fingerprint density at radius 3 is 2.73 bits per heavy atom. The zero-order valence-electron chi connectivity index (χ0n) is 6.46. The Labute approximate surface area is 63.4 Å². The second-order valence-corrected chi connectivity index (χ2v) is 2.52. The van der Waals surface area contributed by atoms with Crippen molar-refractivity contribution < 1.29 is 0 Å². The van der Waals surface area contributed by atoms with Crippen LogP contribution in [0.2, 0.25) is 0 Å². The van der Waals surface area contributed by atoms with Crippen LogP contribution in [-0.4, -0.2) is 20.9 Å². The molecule has 1 aromatic heterocycles. The maximum Gasteiger partial charge on any atom is 0.363 e. The van der Waals surface area contributed by atoms with Gasteiger partial charge in [0.1, 0.15) is 0 Å². The van der Waals surface area contributed by atoms with Crippen LogP contribution >= 0.6 is 0 Å². The molecular formula is C5H11N5O. The van der Waals surface area contributed by atoms with E-state index in [9.17, 15) is 4.79 Å². The molecule has 6 heteroatoms.